The number of rotatable bonds is 7. The number of amides is 1. The Kier molecular flexibility index (Phi) is 7.61. The molecule has 2 aromatic carbocycles. The van der Waals surface area contributed by atoms with Crippen molar-refractivity contribution in [3.8, 4) is 11.5 Å². The minimum absolute atomic E-state index is 0.0523. The second-order valence-corrected chi connectivity index (χ2v) is 10.3. The van der Waals surface area contributed by atoms with Gasteiger partial charge in [0.05, 0.1) is 20.3 Å². The maximum atomic E-state index is 13.2. The molecule has 2 aromatic rings. The van der Waals surface area contributed by atoms with E-state index in [1.807, 2.05) is 31.2 Å². The summed E-state index contributed by atoms with van der Waals surface area (Å²) < 4.78 is 39.2. The summed E-state index contributed by atoms with van der Waals surface area (Å²) in [7, 11) is -0.848. The molecule has 0 aliphatic carbocycles. The van der Waals surface area contributed by atoms with E-state index >= 15 is 0 Å². The molecule has 7 nitrogen and oxygen atoms in total. The number of hydrogen-bond acceptors (Lipinski definition) is 5. The number of nitrogens with zero attached hydrogens (tertiary/aromatic N) is 1. The standard InChI is InChI=1S/C22H27BrN2O5S/c1-15(17-5-4-6-18(23)13-17)24-22(26)16-9-11-25(12-10-16)31(27,28)21-14-19(29-2)7-8-20(21)30-3/h4-8,13-16H,9-12H2,1-3H3,(H,24,26)/t15-/m0/s1. The van der Waals surface area contributed by atoms with Gasteiger partial charge in [0.15, 0.2) is 0 Å². The van der Waals surface area contributed by atoms with Gasteiger partial charge in [0.2, 0.25) is 15.9 Å². The van der Waals surface area contributed by atoms with Crippen molar-refractivity contribution in [2.75, 3.05) is 27.3 Å². The Morgan fingerprint density at radius 3 is 2.45 bits per heavy atom. The molecule has 1 N–H and O–H groups in total. The van der Waals surface area contributed by atoms with Gasteiger partial charge in [-0.25, -0.2) is 8.42 Å². The van der Waals surface area contributed by atoms with Crippen LogP contribution in [0.15, 0.2) is 51.8 Å². The van der Waals surface area contributed by atoms with Crippen LogP contribution >= 0.6 is 15.9 Å². The molecule has 0 unspecified atom stereocenters. The van der Waals surface area contributed by atoms with E-state index in [0.29, 0.717) is 18.6 Å². The lowest BCUT2D eigenvalue weighted by Gasteiger charge is -2.31. The lowest BCUT2D eigenvalue weighted by molar-refractivity contribution is -0.126. The van der Waals surface area contributed by atoms with E-state index < -0.39 is 10.0 Å². The Balaban J connectivity index is 1.65. The van der Waals surface area contributed by atoms with Crippen LogP contribution in [0.4, 0.5) is 0 Å². The molecular formula is C22H27BrN2O5S. The molecule has 3 rings (SSSR count). The summed E-state index contributed by atoms with van der Waals surface area (Å²) in [5.41, 5.74) is 1.01. The second kappa shape index (κ2) is 10.0. The number of carbonyl (C=O) groups excluding carboxylic acids is 1. The number of nitrogens with one attached hydrogen (secondary N) is 1. The summed E-state index contributed by atoms with van der Waals surface area (Å²) in [6, 6.07) is 12.4. The van der Waals surface area contributed by atoms with Crippen LogP contribution in [0.1, 0.15) is 31.4 Å². The molecule has 0 radical (unpaired) electrons. The van der Waals surface area contributed by atoms with E-state index in [0.717, 1.165) is 10.0 Å². The van der Waals surface area contributed by atoms with Crippen LogP contribution < -0.4 is 14.8 Å². The molecule has 168 valence electrons. The van der Waals surface area contributed by atoms with Crippen molar-refractivity contribution in [1.82, 2.24) is 9.62 Å². The van der Waals surface area contributed by atoms with Crippen molar-refractivity contribution in [2.45, 2.75) is 30.7 Å². The van der Waals surface area contributed by atoms with Gasteiger partial charge < -0.3 is 14.8 Å². The molecule has 0 spiro atoms. The van der Waals surface area contributed by atoms with E-state index in [1.54, 1.807) is 12.1 Å². The van der Waals surface area contributed by atoms with Crippen molar-refractivity contribution in [1.29, 1.82) is 0 Å². The number of methoxy groups -OCH3 is 2. The zero-order valence-electron chi connectivity index (χ0n) is 17.8. The number of sulfonamides is 1. The highest BCUT2D eigenvalue weighted by atomic mass is 79.9. The molecule has 1 fully saturated rings. The molecule has 1 saturated heterocycles. The molecule has 1 aliphatic rings. The van der Waals surface area contributed by atoms with Gasteiger partial charge in [0.1, 0.15) is 16.4 Å². The quantitative estimate of drug-likeness (QED) is 0.613. The van der Waals surface area contributed by atoms with Gasteiger partial charge in [0, 0.05) is 29.5 Å². The Labute approximate surface area is 191 Å². The molecule has 1 atom stereocenters. The molecule has 0 aromatic heterocycles. The fraction of sp³-hybridized carbons (Fsp3) is 0.409. The topological polar surface area (TPSA) is 84.9 Å². The minimum Gasteiger partial charge on any atom is -0.497 e. The number of piperidine rings is 1. The van der Waals surface area contributed by atoms with E-state index in [2.05, 4.69) is 21.2 Å². The number of ether oxygens (including phenoxy) is 2. The van der Waals surface area contributed by atoms with Gasteiger partial charge in [-0.2, -0.15) is 4.31 Å². The van der Waals surface area contributed by atoms with Crippen LogP contribution in [-0.4, -0.2) is 45.9 Å². The van der Waals surface area contributed by atoms with Crippen LogP contribution in [0, 0.1) is 5.92 Å². The van der Waals surface area contributed by atoms with Crippen molar-refractivity contribution in [2.24, 2.45) is 5.92 Å². The number of benzene rings is 2. The molecule has 0 bridgehead atoms. The monoisotopic (exact) mass is 510 g/mol. The number of carbonyl (C=O) groups is 1. The Hall–Kier alpha value is -2.10. The van der Waals surface area contributed by atoms with Crippen molar-refractivity contribution < 1.29 is 22.7 Å². The first-order valence-electron chi connectivity index (χ1n) is 10.0. The number of halogens is 1. The smallest absolute Gasteiger partial charge is 0.246 e. The first kappa shape index (κ1) is 23.6. The van der Waals surface area contributed by atoms with Crippen molar-refractivity contribution in [3.05, 3.63) is 52.5 Å². The molecular weight excluding hydrogens is 484 g/mol. The molecule has 1 aliphatic heterocycles. The van der Waals surface area contributed by atoms with Crippen LogP contribution in [0.25, 0.3) is 0 Å². The van der Waals surface area contributed by atoms with Crippen molar-refractivity contribution >= 4 is 31.9 Å². The van der Waals surface area contributed by atoms with Gasteiger partial charge in [-0.1, -0.05) is 28.1 Å². The van der Waals surface area contributed by atoms with Crippen LogP contribution in [0.2, 0.25) is 0 Å². The van der Waals surface area contributed by atoms with Crippen LogP contribution in [0.3, 0.4) is 0 Å². The van der Waals surface area contributed by atoms with Crippen LogP contribution in [0.5, 0.6) is 11.5 Å². The summed E-state index contributed by atoms with van der Waals surface area (Å²) in [5, 5.41) is 3.05. The highest BCUT2D eigenvalue weighted by Crippen LogP contribution is 2.32. The summed E-state index contributed by atoms with van der Waals surface area (Å²) in [6.45, 7) is 2.48. The van der Waals surface area contributed by atoms with E-state index in [-0.39, 0.29) is 41.6 Å². The predicted molar refractivity (Wildman–Crippen MR) is 122 cm³/mol. The third kappa shape index (κ3) is 5.39. The molecule has 0 saturated carbocycles. The maximum Gasteiger partial charge on any atom is 0.246 e. The summed E-state index contributed by atoms with van der Waals surface area (Å²) in [6.07, 6.45) is 0.922. The van der Waals surface area contributed by atoms with Gasteiger partial charge in [0.25, 0.3) is 0 Å². The zero-order valence-corrected chi connectivity index (χ0v) is 20.2. The average Bonchev–Trinajstić information content (AvgIpc) is 2.78. The first-order chi connectivity index (χ1) is 14.8. The average molecular weight is 511 g/mol. The summed E-state index contributed by atoms with van der Waals surface area (Å²) in [4.78, 5) is 12.8. The highest BCUT2D eigenvalue weighted by Gasteiger charge is 2.34. The van der Waals surface area contributed by atoms with Crippen LogP contribution in [-0.2, 0) is 14.8 Å². The predicted octanol–water partition coefficient (Wildman–Crippen LogP) is 3.74. The molecule has 31 heavy (non-hydrogen) atoms. The Bertz CT molecular complexity index is 1040. The fourth-order valence-corrected chi connectivity index (χ4v) is 5.73. The molecule has 1 amide bonds. The first-order valence-corrected chi connectivity index (χ1v) is 12.3. The highest BCUT2D eigenvalue weighted by molar-refractivity contribution is 9.10. The lowest BCUT2D eigenvalue weighted by Crippen LogP contribution is -2.43. The largest absolute Gasteiger partial charge is 0.497 e. The Morgan fingerprint density at radius 1 is 1.13 bits per heavy atom. The Morgan fingerprint density at radius 2 is 1.84 bits per heavy atom. The fourth-order valence-electron chi connectivity index (χ4n) is 3.67. The number of hydrogen-bond donors (Lipinski definition) is 1. The van der Waals surface area contributed by atoms with E-state index in [4.69, 9.17) is 9.47 Å². The normalized spacial score (nSPS) is 16.5. The second-order valence-electron chi connectivity index (χ2n) is 7.48. The summed E-state index contributed by atoms with van der Waals surface area (Å²) >= 11 is 3.44. The SMILES string of the molecule is COc1ccc(OC)c(S(=O)(=O)N2CCC(C(=O)N[C@@H](C)c3cccc(Br)c3)CC2)c1. The van der Waals surface area contributed by atoms with Gasteiger partial charge in [-0.3, -0.25) is 4.79 Å². The molecule has 9 heteroatoms. The van der Waals surface area contributed by atoms with Gasteiger partial charge >= 0.3 is 0 Å². The third-order valence-corrected chi connectivity index (χ3v) is 7.93. The lowest BCUT2D eigenvalue weighted by atomic mass is 9.96. The van der Waals surface area contributed by atoms with E-state index in [1.165, 1.54) is 24.6 Å². The summed E-state index contributed by atoms with van der Waals surface area (Å²) in [5.74, 6) is 0.426. The van der Waals surface area contributed by atoms with Gasteiger partial charge in [-0.15, -0.1) is 0 Å². The third-order valence-electron chi connectivity index (χ3n) is 5.52. The molecule has 1 heterocycles. The van der Waals surface area contributed by atoms with Crippen molar-refractivity contribution in [3.63, 3.8) is 0 Å². The zero-order chi connectivity index (χ0) is 22.6. The van der Waals surface area contributed by atoms with Gasteiger partial charge in [-0.05, 0) is 49.6 Å². The minimum atomic E-state index is -3.77. The van der Waals surface area contributed by atoms with E-state index in [9.17, 15) is 13.2 Å². The maximum absolute atomic E-state index is 13.2.